The van der Waals surface area contributed by atoms with Gasteiger partial charge in [0.25, 0.3) is 11.7 Å². The van der Waals surface area contributed by atoms with Gasteiger partial charge in [-0.2, -0.15) is 0 Å². The van der Waals surface area contributed by atoms with Crippen LogP contribution in [0.4, 0.5) is 11.4 Å². The molecule has 1 N–H and O–H groups in total. The molecule has 0 aliphatic carbocycles. The van der Waals surface area contributed by atoms with Gasteiger partial charge in [-0.25, -0.2) is 0 Å². The molecule has 0 saturated carbocycles. The number of nitrogens with one attached hydrogen (secondary N) is 1. The van der Waals surface area contributed by atoms with E-state index in [1.54, 1.807) is 17.4 Å². The molecular weight excluding hydrogens is 352 g/mol. The van der Waals surface area contributed by atoms with E-state index >= 15 is 0 Å². The second-order valence-corrected chi connectivity index (χ2v) is 6.61. The van der Waals surface area contributed by atoms with E-state index in [-0.39, 0.29) is 0 Å². The van der Waals surface area contributed by atoms with Crippen molar-refractivity contribution in [3.05, 3.63) is 44.6 Å². The van der Waals surface area contributed by atoms with Crippen LogP contribution < -0.4 is 10.2 Å². The van der Waals surface area contributed by atoms with Gasteiger partial charge >= 0.3 is 0 Å². The molecule has 0 spiro atoms. The maximum atomic E-state index is 11.7. The number of ketones is 1. The first kappa shape index (κ1) is 14.3. The molecule has 1 amide bonds. The van der Waals surface area contributed by atoms with Crippen LogP contribution in [-0.4, -0.2) is 18.2 Å². The molecule has 108 valence electrons. The Kier molecular flexibility index (Phi) is 3.82. The fraction of sp³-hybridized carbons (Fsp3) is 0.200. The van der Waals surface area contributed by atoms with Crippen molar-refractivity contribution in [2.24, 2.45) is 0 Å². The third-order valence-electron chi connectivity index (χ3n) is 3.44. The monoisotopic (exact) mass is 364 g/mol. The molecule has 0 unspecified atom stereocenters. The molecule has 0 atom stereocenters. The summed E-state index contributed by atoms with van der Waals surface area (Å²) in [7, 11) is 0. The highest BCUT2D eigenvalue weighted by Gasteiger charge is 2.29. The Bertz CT molecular complexity index is 713. The highest BCUT2D eigenvalue weighted by molar-refractivity contribution is 9.10. The van der Waals surface area contributed by atoms with Crippen molar-refractivity contribution in [2.45, 2.75) is 13.5 Å². The summed E-state index contributed by atoms with van der Waals surface area (Å²) >= 11 is 5.23. The molecule has 4 nitrogen and oxygen atoms in total. The van der Waals surface area contributed by atoms with Crippen molar-refractivity contribution in [3.8, 4) is 0 Å². The van der Waals surface area contributed by atoms with Crippen LogP contribution in [-0.2, 0) is 11.3 Å². The van der Waals surface area contributed by atoms with Crippen molar-refractivity contribution >= 4 is 50.3 Å². The van der Waals surface area contributed by atoms with E-state index in [0.29, 0.717) is 11.3 Å². The second-order valence-electron chi connectivity index (χ2n) is 4.73. The lowest BCUT2D eigenvalue weighted by Gasteiger charge is -2.24. The highest BCUT2D eigenvalue weighted by Crippen LogP contribution is 2.36. The van der Waals surface area contributed by atoms with Crippen LogP contribution in [0.1, 0.15) is 22.2 Å². The van der Waals surface area contributed by atoms with Crippen LogP contribution in [0, 0.1) is 0 Å². The fourth-order valence-electron chi connectivity index (χ4n) is 2.35. The van der Waals surface area contributed by atoms with Crippen molar-refractivity contribution in [1.82, 2.24) is 0 Å². The van der Waals surface area contributed by atoms with Crippen LogP contribution in [0.5, 0.6) is 0 Å². The van der Waals surface area contributed by atoms with Crippen LogP contribution in [0.15, 0.2) is 34.1 Å². The number of fused-ring (bicyclic) bond motifs is 1. The van der Waals surface area contributed by atoms with Gasteiger partial charge in [0, 0.05) is 15.9 Å². The number of Topliss-reactive ketones (excluding diaryl/α,β-unsaturated/α-hetero) is 1. The van der Waals surface area contributed by atoms with Crippen molar-refractivity contribution < 1.29 is 9.59 Å². The Morgan fingerprint density at radius 3 is 2.81 bits per heavy atom. The minimum absolute atomic E-state index is 0.433. The third-order valence-corrected chi connectivity index (χ3v) is 4.93. The number of carbonyl (C=O) groups is 2. The molecular formula is C15H13BrN2O2S. The average molecular weight is 365 g/mol. The van der Waals surface area contributed by atoms with E-state index in [2.05, 4.69) is 44.5 Å². The smallest absolute Gasteiger partial charge is 0.296 e. The van der Waals surface area contributed by atoms with E-state index in [0.717, 1.165) is 23.2 Å². The second kappa shape index (κ2) is 5.61. The number of hydrogen-bond donors (Lipinski definition) is 1. The Morgan fingerprint density at radius 1 is 1.33 bits per heavy atom. The summed E-state index contributed by atoms with van der Waals surface area (Å²) in [4.78, 5) is 26.6. The van der Waals surface area contributed by atoms with E-state index < -0.39 is 11.7 Å². The maximum absolute atomic E-state index is 11.7. The van der Waals surface area contributed by atoms with Crippen LogP contribution in [0.25, 0.3) is 0 Å². The molecule has 6 heteroatoms. The van der Waals surface area contributed by atoms with Gasteiger partial charge in [-0.3, -0.25) is 9.59 Å². The van der Waals surface area contributed by atoms with Gasteiger partial charge in [0.05, 0.1) is 23.5 Å². The predicted molar refractivity (Wildman–Crippen MR) is 88.1 cm³/mol. The first-order valence-corrected chi connectivity index (χ1v) is 8.24. The molecule has 1 aliphatic heterocycles. The van der Waals surface area contributed by atoms with E-state index in [4.69, 9.17) is 0 Å². The van der Waals surface area contributed by atoms with Crippen LogP contribution >= 0.6 is 27.3 Å². The lowest BCUT2D eigenvalue weighted by atomic mass is 10.1. The zero-order valence-corrected chi connectivity index (χ0v) is 13.8. The molecule has 0 radical (unpaired) electrons. The quantitative estimate of drug-likeness (QED) is 0.842. The number of rotatable bonds is 4. The minimum Gasteiger partial charge on any atom is -0.366 e. The van der Waals surface area contributed by atoms with E-state index in [1.165, 1.54) is 4.88 Å². The fourth-order valence-corrected chi connectivity index (χ4v) is 3.67. The summed E-state index contributed by atoms with van der Waals surface area (Å²) in [5, 5.41) is 4.67. The van der Waals surface area contributed by atoms with E-state index in [9.17, 15) is 9.59 Å². The first-order valence-electron chi connectivity index (χ1n) is 6.56. The number of thiophene rings is 1. The standard InChI is InChI=1S/C15H13BrN2O2S/c1-2-18(8-9-4-3-5-21-9)13-7-12-10(6-11(13)16)14(19)15(20)17-12/h3-7H,2,8H2,1H3,(H,17,19,20). The van der Waals surface area contributed by atoms with Gasteiger partial charge in [-0.15, -0.1) is 11.3 Å². The number of hydrogen-bond acceptors (Lipinski definition) is 4. The summed E-state index contributed by atoms with van der Waals surface area (Å²) < 4.78 is 0.824. The first-order chi connectivity index (χ1) is 10.1. The van der Waals surface area contributed by atoms with Gasteiger partial charge in [0.2, 0.25) is 0 Å². The summed E-state index contributed by atoms with van der Waals surface area (Å²) in [6.07, 6.45) is 0. The molecule has 2 heterocycles. The van der Waals surface area contributed by atoms with Crippen molar-refractivity contribution in [1.29, 1.82) is 0 Å². The Morgan fingerprint density at radius 2 is 2.14 bits per heavy atom. The zero-order chi connectivity index (χ0) is 15.0. The number of benzene rings is 1. The Balaban J connectivity index is 1.96. The Labute approximate surface area is 134 Å². The Hall–Kier alpha value is -1.66. The van der Waals surface area contributed by atoms with Gasteiger partial charge in [0.15, 0.2) is 0 Å². The minimum atomic E-state index is -0.560. The van der Waals surface area contributed by atoms with Crippen molar-refractivity contribution in [3.63, 3.8) is 0 Å². The third kappa shape index (κ3) is 2.61. The maximum Gasteiger partial charge on any atom is 0.296 e. The number of halogens is 1. The number of amides is 1. The summed E-state index contributed by atoms with van der Waals surface area (Å²) in [6, 6.07) is 7.71. The topological polar surface area (TPSA) is 49.4 Å². The SMILES string of the molecule is CCN(Cc1cccs1)c1cc2c(cc1Br)C(=O)C(=O)N2. The molecule has 0 fully saturated rings. The molecule has 3 rings (SSSR count). The number of anilines is 2. The van der Waals surface area contributed by atoms with Gasteiger partial charge in [0.1, 0.15) is 0 Å². The van der Waals surface area contributed by atoms with Crippen molar-refractivity contribution in [2.75, 3.05) is 16.8 Å². The molecule has 1 aliphatic rings. The zero-order valence-electron chi connectivity index (χ0n) is 11.4. The summed E-state index contributed by atoms with van der Waals surface area (Å²) in [6.45, 7) is 3.71. The molecule has 0 saturated heterocycles. The van der Waals surface area contributed by atoms with Crippen LogP contribution in [0.3, 0.4) is 0 Å². The summed E-state index contributed by atoms with van der Waals surface area (Å²) in [5.41, 5.74) is 2.00. The molecule has 2 aromatic rings. The normalized spacial score (nSPS) is 13.2. The molecule has 1 aromatic carbocycles. The largest absolute Gasteiger partial charge is 0.366 e. The predicted octanol–water partition coefficient (Wildman–Crippen LogP) is 3.67. The highest BCUT2D eigenvalue weighted by atomic mass is 79.9. The molecule has 1 aromatic heterocycles. The van der Waals surface area contributed by atoms with Gasteiger partial charge in [-0.1, -0.05) is 6.07 Å². The molecule has 0 bridgehead atoms. The lowest BCUT2D eigenvalue weighted by Crippen LogP contribution is -2.22. The number of nitrogens with zero attached hydrogens (tertiary/aromatic N) is 1. The van der Waals surface area contributed by atoms with E-state index in [1.807, 2.05) is 12.1 Å². The van der Waals surface area contributed by atoms with Gasteiger partial charge < -0.3 is 10.2 Å². The number of carbonyl (C=O) groups excluding carboxylic acids is 2. The van der Waals surface area contributed by atoms with Crippen LogP contribution in [0.2, 0.25) is 0 Å². The average Bonchev–Trinajstić information content (AvgIpc) is 3.06. The van der Waals surface area contributed by atoms with Gasteiger partial charge in [-0.05, 0) is 46.4 Å². The summed E-state index contributed by atoms with van der Waals surface area (Å²) in [5.74, 6) is -1.03. The molecule has 21 heavy (non-hydrogen) atoms. The lowest BCUT2D eigenvalue weighted by molar-refractivity contribution is -0.112.